The second-order valence-corrected chi connectivity index (χ2v) is 10.2. The Hall–Kier alpha value is -1.47. The van der Waals surface area contributed by atoms with Crippen LogP contribution >= 0.6 is 27.3 Å². The highest BCUT2D eigenvalue weighted by Crippen LogP contribution is 2.33. The van der Waals surface area contributed by atoms with Crippen LogP contribution in [0.5, 0.6) is 0 Å². The lowest BCUT2D eigenvalue weighted by atomic mass is 10.1. The van der Waals surface area contributed by atoms with E-state index in [0.717, 1.165) is 16.6 Å². The summed E-state index contributed by atoms with van der Waals surface area (Å²) in [6.45, 7) is 2.85. The number of hydrogen-bond acceptors (Lipinski definition) is 4. The minimum atomic E-state index is -3.15. The fraction of sp³-hybridized carbons (Fsp3) is 0.200. The van der Waals surface area contributed by atoms with E-state index in [4.69, 9.17) is 0 Å². The van der Waals surface area contributed by atoms with Crippen LogP contribution in [0.25, 0.3) is 10.4 Å². The molecule has 0 bridgehead atoms. The zero-order valence-electron chi connectivity index (χ0n) is 14.6. The van der Waals surface area contributed by atoms with Crippen molar-refractivity contribution in [2.45, 2.75) is 24.4 Å². The van der Waals surface area contributed by atoms with Gasteiger partial charge in [-0.05, 0) is 42.8 Å². The van der Waals surface area contributed by atoms with E-state index in [-0.39, 0.29) is 6.04 Å². The first-order valence-electron chi connectivity index (χ1n) is 8.21. The molecular weight excluding hydrogens is 430 g/mol. The van der Waals surface area contributed by atoms with Crippen LogP contribution in [0.15, 0.2) is 70.0 Å². The van der Waals surface area contributed by atoms with Gasteiger partial charge >= 0.3 is 0 Å². The molecule has 0 radical (unpaired) electrons. The molecule has 1 heterocycles. The summed E-state index contributed by atoms with van der Waals surface area (Å²) in [4.78, 5) is 2.85. The highest BCUT2D eigenvalue weighted by Gasteiger charge is 2.11. The van der Waals surface area contributed by atoms with Crippen molar-refractivity contribution in [3.05, 3.63) is 75.6 Å². The molecule has 1 aromatic heterocycles. The van der Waals surface area contributed by atoms with Crippen LogP contribution in [0, 0.1) is 0 Å². The van der Waals surface area contributed by atoms with Gasteiger partial charge < -0.3 is 5.32 Å². The van der Waals surface area contributed by atoms with E-state index in [2.05, 4.69) is 52.4 Å². The molecule has 1 unspecified atom stereocenters. The number of nitrogens with one attached hydrogen (secondary N) is 1. The maximum absolute atomic E-state index is 11.6. The maximum atomic E-state index is 11.6. The lowest BCUT2D eigenvalue weighted by Crippen LogP contribution is -2.17. The molecule has 0 spiro atoms. The van der Waals surface area contributed by atoms with Crippen LogP contribution in [0.4, 0.5) is 0 Å². The third kappa shape index (κ3) is 4.62. The van der Waals surface area contributed by atoms with Crippen LogP contribution in [0.2, 0.25) is 0 Å². The average molecular weight is 450 g/mol. The first-order chi connectivity index (χ1) is 12.3. The van der Waals surface area contributed by atoms with E-state index in [1.54, 1.807) is 23.5 Å². The van der Waals surface area contributed by atoms with Gasteiger partial charge in [0.1, 0.15) is 0 Å². The van der Waals surface area contributed by atoms with Crippen molar-refractivity contribution >= 4 is 37.1 Å². The summed E-state index contributed by atoms with van der Waals surface area (Å²) in [5.41, 5.74) is 2.27. The normalized spacial score (nSPS) is 12.9. The molecule has 3 rings (SSSR count). The highest BCUT2D eigenvalue weighted by molar-refractivity contribution is 9.10. The van der Waals surface area contributed by atoms with Gasteiger partial charge in [-0.1, -0.05) is 46.3 Å². The Morgan fingerprint density at radius 1 is 1.04 bits per heavy atom. The summed E-state index contributed by atoms with van der Waals surface area (Å²) in [6.07, 6.45) is 1.23. The average Bonchev–Trinajstić information content (AvgIpc) is 3.08. The van der Waals surface area contributed by atoms with E-state index in [0.29, 0.717) is 4.90 Å². The van der Waals surface area contributed by atoms with Crippen LogP contribution < -0.4 is 5.32 Å². The number of thiophene rings is 1. The Morgan fingerprint density at radius 2 is 1.73 bits per heavy atom. The largest absolute Gasteiger partial charge is 0.305 e. The van der Waals surface area contributed by atoms with Gasteiger partial charge in [0.25, 0.3) is 0 Å². The summed E-state index contributed by atoms with van der Waals surface area (Å²) < 4.78 is 24.2. The first-order valence-corrected chi connectivity index (χ1v) is 11.7. The molecule has 0 fully saturated rings. The quantitative estimate of drug-likeness (QED) is 0.545. The van der Waals surface area contributed by atoms with Crippen molar-refractivity contribution in [3.8, 4) is 10.4 Å². The number of halogens is 1. The number of benzene rings is 2. The van der Waals surface area contributed by atoms with Gasteiger partial charge in [-0.15, -0.1) is 11.3 Å². The van der Waals surface area contributed by atoms with Gasteiger partial charge in [-0.2, -0.15) is 0 Å². The smallest absolute Gasteiger partial charge is 0.175 e. The van der Waals surface area contributed by atoms with Crippen molar-refractivity contribution in [1.82, 2.24) is 5.32 Å². The fourth-order valence-electron chi connectivity index (χ4n) is 2.65. The van der Waals surface area contributed by atoms with E-state index in [1.165, 1.54) is 21.6 Å². The number of sulfone groups is 1. The predicted molar refractivity (Wildman–Crippen MR) is 112 cm³/mol. The molecule has 0 saturated heterocycles. The molecule has 2 aromatic carbocycles. The van der Waals surface area contributed by atoms with Crippen molar-refractivity contribution in [1.29, 1.82) is 0 Å². The molecule has 3 aromatic rings. The van der Waals surface area contributed by atoms with E-state index < -0.39 is 9.84 Å². The van der Waals surface area contributed by atoms with Crippen molar-refractivity contribution in [2.75, 3.05) is 6.26 Å². The Bertz CT molecular complexity index is 995. The summed E-state index contributed by atoms with van der Waals surface area (Å²) in [6, 6.07) is 19.7. The molecular formula is C20H20BrNO2S2. The first kappa shape index (κ1) is 19.3. The van der Waals surface area contributed by atoms with Crippen molar-refractivity contribution < 1.29 is 8.42 Å². The molecule has 0 amide bonds. The summed E-state index contributed by atoms with van der Waals surface area (Å²) >= 11 is 5.37. The Balaban J connectivity index is 1.65. The SMILES string of the molecule is CC(NCc1ccc(-c2ccccc2Br)s1)c1ccc(S(C)(=O)=O)cc1. The highest BCUT2D eigenvalue weighted by atomic mass is 79.9. The molecule has 0 aliphatic carbocycles. The molecule has 0 aliphatic heterocycles. The van der Waals surface area contributed by atoms with Crippen LogP contribution in [-0.4, -0.2) is 14.7 Å². The molecule has 6 heteroatoms. The van der Waals surface area contributed by atoms with Gasteiger partial charge in [0.05, 0.1) is 4.90 Å². The Labute approximate surface area is 167 Å². The fourth-order valence-corrected chi connectivity index (χ4v) is 4.91. The monoisotopic (exact) mass is 449 g/mol. The second kappa shape index (κ2) is 8.05. The number of rotatable bonds is 6. The topological polar surface area (TPSA) is 46.2 Å². The molecule has 3 nitrogen and oxygen atoms in total. The molecule has 1 N–H and O–H groups in total. The summed E-state index contributed by atoms with van der Waals surface area (Å²) in [5, 5.41) is 3.50. The third-order valence-electron chi connectivity index (χ3n) is 4.19. The lowest BCUT2D eigenvalue weighted by Gasteiger charge is -2.14. The molecule has 26 heavy (non-hydrogen) atoms. The Morgan fingerprint density at radius 3 is 2.38 bits per heavy atom. The predicted octanol–water partition coefficient (Wildman–Crippen LogP) is 5.43. The third-order valence-corrected chi connectivity index (χ3v) is 7.13. The van der Waals surface area contributed by atoms with Gasteiger partial charge in [-0.25, -0.2) is 8.42 Å². The molecule has 136 valence electrons. The maximum Gasteiger partial charge on any atom is 0.175 e. The summed E-state index contributed by atoms with van der Waals surface area (Å²) in [5.74, 6) is 0. The summed E-state index contributed by atoms with van der Waals surface area (Å²) in [7, 11) is -3.15. The minimum absolute atomic E-state index is 0.137. The minimum Gasteiger partial charge on any atom is -0.305 e. The van der Waals surface area contributed by atoms with Gasteiger partial charge in [0.2, 0.25) is 0 Å². The molecule has 0 aliphatic rings. The van der Waals surface area contributed by atoms with Crippen molar-refractivity contribution in [3.63, 3.8) is 0 Å². The van der Waals surface area contributed by atoms with Gasteiger partial charge in [0, 0.05) is 38.6 Å². The van der Waals surface area contributed by atoms with E-state index in [1.807, 2.05) is 24.3 Å². The Kier molecular flexibility index (Phi) is 5.97. The molecule has 0 saturated carbocycles. The van der Waals surface area contributed by atoms with Crippen LogP contribution in [0.3, 0.4) is 0 Å². The number of hydrogen-bond donors (Lipinski definition) is 1. The zero-order valence-corrected chi connectivity index (χ0v) is 17.8. The van der Waals surface area contributed by atoms with E-state index in [9.17, 15) is 8.42 Å². The zero-order chi connectivity index (χ0) is 18.7. The van der Waals surface area contributed by atoms with E-state index >= 15 is 0 Å². The van der Waals surface area contributed by atoms with Crippen LogP contribution in [-0.2, 0) is 16.4 Å². The molecule has 1 atom stereocenters. The van der Waals surface area contributed by atoms with Crippen LogP contribution in [0.1, 0.15) is 23.4 Å². The van der Waals surface area contributed by atoms with Gasteiger partial charge in [-0.3, -0.25) is 0 Å². The lowest BCUT2D eigenvalue weighted by molar-refractivity contribution is 0.578. The second-order valence-electron chi connectivity index (χ2n) is 6.19. The van der Waals surface area contributed by atoms with Crippen molar-refractivity contribution in [2.24, 2.45) is 0 Å². The van der Waals surface area contributed by atoms with Gasteiger partial charge in [0.15, 0.2) is 9.84 Å². The standard InChI is InChI=1S/C20H20BrNO2S2/c1-14(15-7-10-17(11-8-15)26(2,23)24)22-13-16-9-12-20(25-16)18-5-3-4-6-19(18)21/h3-12,14,22H,13H2,1-2H3.